The smallest absolute Gasteiger partial charge is 0.119 e. The molecule has 1 atom stereocenters. The second-order valence-electron chi connectivity index (χ2n) is 4.47. The maximum Gasteiger partial charge on any atom is 0.119 e. The molecule has 0 aliphatic carbocycles. The molecule has 0 spiro atoms. The van der Waals surface area contributed by atoms with Crippen molar-refractivity contribution in [1.29, 1.82) is 0 Å². The van der Waals surface area contributed by atoms with Gasteiger partial charge in [-0.1, -0.05) is 48.5 Å². The van der Waals surface area contributed by atoms with Gasteiger partial charge < -0.3 is 10.5 Å². The van der Waals surface area contributed by atoms with Gasteiger partial charge in [-0.25, -0.2) is 0 Å². The van der Waals surface area contributed by atoms with Gasteiger partial charge in [-0.3, -0.25) is 0 Å². The highest BCUT2D eigenvalue weighted by Crippen LogP contribution is 2.19. The number of benzene rings is 2. The third kappa shape index (κ3) is 4.72. The lowest BCUT2D eigenvalue weighted by Crippen LogP contribution is -2.08. The maximum absolute atomic E-state index is 6.01. The Morgan fingerprint density at radius 2 is 1.70 bits per heavy atom. The van der Waals surface area contributed by atoms with E-state index in [1.165, 1.54) is 0 Å². The first kappa shape index (κ1) is 16.3. The van der Waals surface area contributed by atoms with Gasteiger partial charge >= 0.3 is 0 Å². The Morgan fingerprint density at radius 3 is 2.30 bits per heavy atom. The molecule has 0 aliphatic heterocycles. The van der Waals surface area contributed by atoms with Crippen molar-refractivity contribution in [2.24, 2.45) is 5.73 Å². The topological polar surface area (TPSA) is 35.2 Å². The molecule has 3 heteroatoms. The van der Waals surface area contributed by atoms with Crippen LogP contribution in [0.25, 0.3) is 0 Å². The summed E-state index contributed by atoms with van der Waals surface area (Å²) in [4.78, 5) is 0. The number of halogens is 1. The Kier molecular flexibility index (Phi) is 6.85. The Morgan fingerprint density at radius 1 is 1.05 bits per heavy atom. The third-order valence-corrected chi connectivity index (χ3v) is 2.98. The summed E-state index contributed by atoms with van der Waals surface area (Å²) in [6, 6.07) is 18.1. The lowest BCUT2D eigenvalue weighted by molar-refractivity contribution is 0.306. The summed E-state index contributed by atoms with van der Waals surface area (Å²) >= 11 is 0. The highest BCUT2D eigenvalue weighted by molar-refractivity contribution is 5.85. The van der Waals surface area contributed by atoms with Crippen molar-refractivity contribution in [3.05, 3.63) is 78.4 Å². The molecule has 0 aliphatic rings. The van der Waals surface area contributed by atoms with E-state index in [-0.39, 0.29) is 18.4 Å². The van der Waals surface area contributed by atoms with Gasteiger partial charge in [-0.05, 0) is 29.7 Å². The van der Waals surface area contributed by atoms with Gasteiger partial charge in [0.05, 0.1) is 0 Å². The van der Waals surface area contributed by atoms with Crippen molar-refractivity contribution in [1.82, 2.24) is 0 Å². The van der Waals surface area contributed by atoms with Crippen LogP contribution in [0, 0.1) is 0 Å². The van der Waals surface area contributed by atoms with E-state index >= 15 is 0 Å². The summed E-state index contributed by atoms with van der Waals surface area (Å²) < 4.78 is 5.73. The quantitative estimate of drug-likeness (QED) is 0.806. The predicted molar refractivity (Wildman–Crippen MR) is 86.2 cm³/mol. The minimum atomic E-state index is 0. The predicted octanol–water partition coefficient (Wildman–Crippen LogP) is 4.26. The Balaban J connectivity index is 0.00000200. The van der Waals surface area contributed by atoms with Crippen molar-refractivity contribution in [2.45, 2.75) is 19.1 Å². The second-order valence-corrected chi connectivity index (χ2v) is 4.47. The normalized spacial score (nSPS) is 11.2. The number of hydrogen-bond acceptors (Lipinski definition) is 2. The molecule has 106 valence electrons. The van der Waals surface area contributed by atoms with E-state index in [4.69, 9.17) is 10.5 Å². The summed E-state index contributed by atoms with van der Waals surface area (Å²) in [7, 11) is 0. The molecule has 0 radical (unpaired) electrons. The summed E-state index contributed by atoms with van der Waals surface area (Å²) in [5, 5.41) is 0. The van der Waals surface area contributed by atoms with Gasteiger partial charge in [-0.2, -0.15) is 0 Å². The lowest BCUT2D eigenvalue weighted by atomic mass is 10.0. The Labute approximate surface area is 126 Å². The SMILES string of the molecule is C=CC[C@H](N)c1ccc(OCc2ccccc2)cc1.Cl. The zero-order valence-electron chi connectivity index (χ0n) is 11.4. The standard InChI is InChI=1S/C17H19NO.ClH/c1-2-6-17(18)15-9-11-16(12-10-15)19-13-14-7-4-3-5-8-14;/h2-5,7-12,17H,1,6,13,18H2;1H/t17-;/m0./s1. The molecular formula is C17H20ClNO. The first-order chi connectivity index (χ1) is 9.29. The van der Waals surface area contributed by atoms with Crippen LogP contribution in [0.15, 0.2) is 67.3 Å². The molecular weight excluding hydrogens is 270 g/mol. The minimum Gasteiger partial charge on any atom is -0.489 e. The maximum atomic E-state index is 6.01. The number of ether oxygens (including phenoxy) is 1. The molecule has 2 aromatic carbocycles. The average Bonchev–Trinajstić information content (AvgIpc) is 2.47. The first-order valence-electron chi connectivity index (χ1n) is 6.43. The van der Waals surface area contributed by atoms with E-state index in [2.05, 4.69) is 6.58 Å². The first-order valence-corrected chi connectivity index (χ1v) is 6.43. The highest BCUT2D eigenvalue weighted by atomic mass is 35.5. The van der Waals surface area contributed by atoms with Crippen LogP contribution in [0.2, 0.25) is 0 Å². The van der Waals surface area contributed by atoms with Gasteiger partial charge in [0.15, 0.2) is 0 Å². The van der Waals surface area contributed by atoms with Crippen molar-refractivity contribution < 1.29 is 4.74 Å². The number of nitrogens with two attached hydrogens (primary N) is 1. The fourth-order valence-electron chi connectivity index (χ4n) is 1.87. The molecule has 0 unspecified atom stereocenters. The van der Waals surface area contributed by atoms with Crippen molar-refractivity contribution in [3.8, 4) is 5.75 Å². The van der Waals surface area contributed by atoms with E-state index in [1.54, 1.807) is 0 Å². The van der Waals surface area contributed by atoms with Gasteiger partial charge in [0, 0.05) is 6.04 Å². The number of rotatable bonds is 6. The minimum absolute atomic E-state index is 0. The average molecular weight is 290 g/mol. The summed E-state index contributed by atoms with van der Waals surface area (Å²) in [5.74, 6) is 0.860. The molecule has 2 N–H and O–H groups in total. The van der Waals surface area contributed by atoms with Crippen molar-refractivity contribution in [3.63, 3.8) is 0 Å². The van der Waals surface area contributed by atoms with E-state index < -0.39 is 0 Å². The summed E-state index contributed by atoms with van der Waals surface area (Å²) in [5.41, 5.74) is 8.27. The molecule has 20 heavy (non-hydrogen) atoms. The molecule has 0 saturated heterocycles. The summed E-state index contributed by atoms with van der Waals surface area (Å²) in [6.07, 6.45) is 2.62. The Bertz CT molecular complexity index is 510. The lowest BCUT2D eigenvalue weighted by Gasteiger charge is -2.11. The molecule has 2 rings (SSSR count). The van der Waals surface area contributed by atoms with Crippen molar-refractivity contribution in [2.75, 3.05) is 0 Å². The highest BCUT2D eigenvalue weighted by Gasteiger charge is 2.03. The molecule has 0 bridgehead atoms. The van der Waals surface area contributed by atoms with Crippen LogP contribution in [0.4, 0.5) is 0 Å². The van der Waals surface area contributed by atoms with Gasteiger partial charge in [0.1, 0.15) is 12.4 Å². The van der Waals surface area contributed by atoms with Crippen LogP contribution in [-0.2, 0) is 6.61 Å². The molecule has 0 heterocycles. The van der Waals surface area contributed by atoms with E-state index in [0.717, 1.165) is 23.3 Å². The van der Waals surface area contributed by atoms with Crippen LogP contribution < -0.4 is 10.5 Å². The van der Waals surface area contributed by atoms with Crippen LogP contribution in [0.1, 0.15) is 23.6 Å². The fraction of sp³-hybridized carbons (Fsp3) is 0.176. The van der Waals surface area contributed by atoms with Gasteiger partial charge in [-0.15, -0.1) is 19.0 Å². The zero-order chi connectivity index (χ0) is 13.5. The fourth-order valence-corrected chi connectivity index (χ4v) is 1.87. The zero-order valence-corrected chi connectivity index (χ0v) is 12.2. The van der Waals surface area contributed by atoms with E-state index in [1.807, 2.05) is 60.7 Å². The third-order valence-electron chi connectivity index (χ3n) is 2.98. The number of hydrogen-bond donors (Lipinski definition) is 1. The molecule has 0 aromatic heterocycles. The van der Waals surface area contributed by atoms with E-state index in [0.29, 0.717) is 6.61 Å². The summed E-state index contributed by atoms with van der Waals surface area (Å²) in [6.45, 7) is 4.28. The molecule has 0 amide bonds. The van der Waals surface area contributed by atoms with Gasteiger partial charge in [0.2, 0.25) is 0 Å². The van der Waals surface area contributed by atoms with Crippen LogP contribution in [0.5, 0.6) is 5.75 Å². The monoisotopic (exact) mass is 289 g/mol. The van der Waals surface area contributed by atoms with Crippen LogP contribution in [0.3, 0.4) is 0 Å². The molecule has 0 saturated carbocycles. The van der Waals surface area contributed by atoms with E-state index in [9.17, 15) is 0 Å². The molecule has 2 aromatic rings. The van der Waals surface area contributed by atoms with Crippen molar-refractivity contribution >= 4 is 12.4 Å². The Hall–Kier alpha value is -1.77. The van der Waals surface area contributed by atoms with Crippen LogP contribution >= 0.6 is 12.4 Å². The molecule has 2 nitrogen and oxygen atoms in total. The largest absolute Gasteiger partial charge is 0.489 e. The van der Waals surface area contributed by atoms with Crippen LogP contribution in [-0.4, -0.2) is 0 Å². The van der Waals surface area contributed by atoms with Gasteiger partial charge in [0.25, 0.3) is 0 Å². The molecule has 0 fully saturated rings. The second kappa shape index (κ2) is 8.41.